The number of hydrogen-bond donors (Lipinski definition) is 2. The molecule has 31 heavy (non-hydrogen) atoms. The minimum atomic E-state index is -0.0728. The molecule has 0 spiro atoms. The van der Waals surface area contributed by atoms with Gasteiger partial charge in [-0.15, -0.1) is 0 Å². The van der Waals surface area contributed by atoms with E-state index in [-0.39, 0.29) is 11.7 Å². The third kappa shape index (κ3) is 3.35. The van der Waals surface area contributed by atoms with E-state index >= 15 is 0 Å². The number of H-pyrrole nitrogens is 1. The summed E-state index contributed by atoms with van der Waals surface area (Å²) < 4.78 is 5.50. The molecule has 0 unspecified atom stereocenters. The minimum Gasteiger partial charge on any atom is -0.496 e. The summed E-state index contributed by atoms with van der Waals surface area (Å²) in [6.07, 6.45) is 5.45. The van der Waals surface area contributed by atoms with E-state index < -0.39 is 0 Å². The number of carbonyl (C=O) groups excluding carboxylic acids is 1. The van der Waals surface area contributed by atoms with Gasteiger partial charge in [-0.3, -0.25) is 9.89 Å². The summed E-state index contributed by atoms with van der Waals surface area (Å²) in [6.45, 7) is 1.51. The van der Waals surface area contributed by atoms with Crippen molar-refractivity contribution in [2.75, 3.05) is 25.9 Å². The van der Waals surface area contributed by atoms with Gasteiger partial charge in [0.05, 0.1) is 12.7 Å². The van der Waals surface area contributed by atoms with E-state index in [0.29, 0.717) is 11.2 Å². The Morgan fingerprint density at radius 2 is 1.84 bits per heavy atom. The number of nitrogens with zero attached hydrogens (tertiary/aromatic N) is 4. The fourth-order valence-corrected chi connectivity index (χ4v) is 4.00. The molecular weight excluding hydrogens is 392 g/mol. The van der Waals surface area contributed by atoms with E-state index in [1.807, 2.05) is 35.2 Å². The van der Waals surface area contributed by atoms with Crippen LogP contribution in [-0.4, -0.2) is 51.2 Å². The Labute approximate surface area is 179 Å². The molecule has 8 nitrogen and oxygen atoms in total. The van der Waals surface area contributed by atoms with Crippen molar-refractivity contribution in [3.05, 3.63) is 54.4 Å². The molecule has 0 aliphatic carbocycles. The normalized spacial score (nSPS) is 13.6. The maximum atomic E-state index is 12.9. The van der Waals surface area contributed by atoms with Crippen molar-refractivity contribution in [3.63, 3.8) is 0 Å². The number of likely N-dealkylation sites (tertiary alicyclic amines) is 1. The van der Waals surface area contributed by atoms with Crippen LogP contribution >= 0.6 is 0 Å². The maximum Gasteiger partial charge on any atom is 0.257 e. The van der Waals surface area contributed by atoms with Crippen LogP contribution in [0.1, 0.15) is 23.2 Å². The number of methoxy groups -OCH3 is 1. The van der Waals surface area contributed by atoms with Gasteiger partial charge in [0, 0.05) is 47.6 Å². The first-order valence-electron chi connectivity index (χ1n) is 10.2. The molecule has 1 aromatic carbocycles. The van der Waals surface area contributed by atoms with Crippen LogP contribution in [0.15, 0.2) is 48.8 Å². The highest BCUT2D eigenvalue weighted by molar-refractivity contribution is 6.00. The second-order valence-corrected chi connectivity index (χ2v) is 7.55. The van der Waals surface area contributed by atoms with Crippen molar-refractivity contribution in [2.45, 2.75) is 12.8 Å². The predicted molar refractivity (Wildman–Crippen MR) is 119 cm³/mol. The average Bonchev–Trinajstić information content (AvgIpc) is 3.49. The van der Waals surface area contributed by atoms with Crippen LogP contribution in [0.2, 0.25) is 0 Å². The Hall–Kier alpha value is -3.94. The number of hydrogen-bond acceptors (Lipinski definition) is 6. The second kappa shape index (κ2) is 7.71. The minimum absolute atomic E-state index is 0.0728. The van der Waals surface area contributed by atoms with Crippen molar-refractivity contribution in [2.24, 2.45) is 0 Å². The third-order valence-corrected chi connectivity index (χ3v) is 5.65. The second-order valence-electron chi connectivity index (χ2n) is 7.55. The van der Waals surface area contributed by atoms with Gasteiger partial charge in [0.2, 0.25) is 0 Å². The third-order valence-electron chi connectivity index (χ3n) is 5.65. The molecule has 0 bridgehead atoms. The summed E-state index contributed by atoms with van der Waals surface area (Å²) in [5.41, 5.74) is 10.4. The number of carbonyl (C=O) groups is 1. The van der Waals surface area contributed by atoms with Crippen molar-refractivity contribution in [1.29, 1.82) is 0 Å². The first-order valence-corrected chi connectivity index (χ1v) is 10.2. The van der Waals surface area contributed by atoms with Crippen molar-refractivity contribution < 1.29 is 9.53 Å². The molecule has 1 aliphatic rings. The van der Waals surface area contributed by atoms with E-state index in [1.165, 1.54) is 0 Å². The van der Waals surface area contributed by atoms with Gasteiger partial charge in [-0.1, -0.05) is 12.1 Å². The lowest BCUT2D eigenvalue weighted by molar-refractivity contribution is 0.0793. The summed E-state index contributed by atoms with van der Waals surface area (Å²) in [5, 5.41) is 8.29. The largest absolute Gasteiger partial charge is 0.496 e. The molecule has 1 aliphatic heterocycles. The van der Waals surface area contributed by atoms with E-state index in [2.05, 4.69) is 20.2 Å². The van der Waals surface area contributed by atoms with Crippen molar-refractivity contribution >= 4 is 22.8 Å². The lowest BCUT2D eigenvalue weighted by atomic mass is 10.0. The number of nitrogens with one attached hydrogen (secondary N) is 1. The fourth-order valence-electron chi connectivity index (χ4n) is 4.00. The zero-order valence-corrected chi connectivity index (χ0v) is 17.1. The van der Waals surface area contributed by atoms with E-state index in [4.69, 9.17) is 10.5 Å². The number of benzene rings is 1. The predicted octanol–water partition coefficient (Wildman–Crippen LogP) is 3.51. The number of nitrogens with two attached hydrogens (primary N) is 1. The highest BCUT2D eigenvalue weighted by Crippen LogP contribution is 2.34. The maximum absolute atomic E-state index is 12.9. The average molecular weight is 414 g/mol. The van der Waals surface area contributed by atoms with Crippen LogP contribution in [0.5, 0.6) is 5.75 Å². The molecule has 1 fully saturated rings. The number of aromatic nitrogens is 4. The number of anilines is 1. The molecule has 1 amide bonds. The number of rotatable bonds is 4. The van der Waals surface area contributed by atoms with Gasteiger partial charge >= 0.3 is 0 Å². The van der Waals surface area contributed by atoms with Gasteiger partial charge in [-0.05, 0) is 37.1 Å². The van der Waals surface area contributed by atoms with Crippen LogP contribution in [0.25, 0.3) is 33.4 Å². The molecule has 0 atom stereocenters. The SMILES string of the molecule is COc1ccccc1-c1n[nH]c2ncc(-c3cnc(N)c(C(=O)N4CCCC4)c3)cc12. The standard InChI is InChI=1S/C23H22N6O2/c1-31-19-7-3-2-6-16(19)20-17-10-14(13-26-22(17)28-27-20)15-11-18(21(24)25-12-15)23(30)29-8-4-5-9-29/h2-3,6-7,10-13H,4-5,8-9H2,1H3,(H2,24,25)(H,26,27,28). The summed E-state index contributed by atoms with van der Waals surface area (Å²) in [5.74, 6) is 0.901. The van der Waals surface area contributed by atoms with Gasteiger partial charge in [0.1, 0.15) is 17.3 Å². The number of nitrogen functional groups attached to an aromatic ring is 1. The molecule has 5 rings (SSSR count). The summed E-state index contributed by atoms with van der Waals surface area (Å²) in [4.78, 5) is 23.5. The van der Waals surface area contributed by atoms with Crippen LogP contribution in [0, 0.1) is 0 Å². The molecule has 4 heterocycles. The Bertz CT molecular complexity index is 1280. The first-order chi connectivity index (χ1) is 15.2. The van der Waals surface area contributed by atoms with Gasteiger partial charge in [-0.25, -0.2) is 9.97 Å². The number of ether oxygens (including phenoxy) is 1. The first kappa shape index (κ1) is 19.0. The topological polar surface area (TPSA) is 110 Å². The zero-order valence-electron chi connectivity index (χ0n) is 17.1. The highest BCUT2D eigenvalue weighted by atomic mass is 16.5. The molecule has 4 aromatic rings. The molecule has 3 N–H and O–H groups in total. The Kier molecular flexibility index (Phi) is 4.74. The molecule has 0 radical (unpaired) electrons. The quantitative estimate of drug-likeness (QED) is 0.529. The monoisotopic (exact) mass is 414 g/mol. The molecule has 8 heteroatoms. The molecule has 0 saturated carbocycles. The van der Waals surface area contributed by atoms with Crippen molar-refractivity contribution in [3.8, 4) is 28.1 Å². The Morgan fingerprint density at radius 1 is 1.10 bits per heavy atom. The lowest BCUT2D eigenvalue weighted by Crippen LogP contribution is -2.28. The summed E-state index contributed by atoms with van der Waals surface area (Å²) >= 11 is 0. The van der Waals surface area contributed by atoms with Crippen molar-refractivity contribution in [1.82, 2.24) is 25.1 Å². The Morgan fingerprint density at radius 3 is 2.65 bits per heavy atom. The number of amides is 1. The molecule has 156 valence electrons. The van der Waals surface area contributed by atoms with E-state index in [0.717, 1.165) is 59.5 Å². The fraction of sp³-hybridized carbons (Fsp3) is 0.217. The number of para-hydroxylation sites is 1. The van der Waals surface area contributed by atoms with Gasteiger partial charge in [0.25, 0.3) is 5.91 Å². The lowest BCUT2D eigenvalue weighted by Gasteiger charge is -2.16. The number of aromatic amines is 1. The smallest absolute Gasteiger partial charge is 0.257 e. The van der Waals surface area contributed by atoms with Crippen LogP contribution in [-0.2, 0) is 0 Å². The Balaban J connectivity index is 1.58. The van der Waals surface area contributed by atoms with E-state index in [9.17, 15) is 4.79 Å². The summed E-state index contributed by atoms with van der Waals surface area (Å²) in [6, 6.07) is 11.5. The summed E-state index contributed by atoms with van der Waals surface area (Å²) in [7, 11) is 1.64. The number of fused-ring (bicyclic) bond motifs is 1. The molecular formula is C23H22N6O2. The molecule has 3 aromatic heterocycles. The van der Waals surface area contributed by atoms with Crippen LogP contribution in [0.4, 0.5) is 5.82 Å². The number of pyridine rings is 2. The zero-order chi connectivity index (χ0) is 21.4. The van der Waals surface area contributed by atoms with Gasteiger partial charge in [-0.2, -0.15) is 5.10 Å². The van der Waals surface area contributed by atoms with Gasteiger partial charge < -0.3 is 15.4 Å². The van der Waals surface area contributed by atoms with Gasteiger partial charge in [0.15, 0.2) is 5.65 Å². The highest BCUT2D eigenvalue weighted by Gasteiger charge is 2.23. The van der Waals surface area contributed by atoms with Crippen LogP contribution in [0.3, 0.4) is 0 Å². The molecule has 1 saturated heterocycles. The van der Waals surface area contributed by atoms with E-state index in [1.54, 1.807) is 25.6 Å². The van der Waals surface area contributed by atoms with Crippen LogP contribution < -0.4 is 10.5 Å².